The number of carboxylic acids is 1. The molecule has 3 rings (SSSR count). The fourth-order valence-corrected chi connectivity index (χ4v) is 3.14. The van der Waals surface area contributed by atoms with Crippen LogP contribution in [0.15, 0.2) is 24.4 Å². The number of hydrogen-bond acceptors (Lipinski definition) is 6. The Morgan fingerprint density at radius 3 is 2.57 bits per heavy atom. The molecule has 0 radical (unpaired) electrons. The summed E-state index contributed by atoms with van der Waals surface area (Å²) in [6.45, 7) is 5.42. The maximum Gasteiger partial charge on any atom is 0.354 e. The van der Waals surface area contributed by atoms with E-state index < -0.39 is 5.97 Å². The van der Waals surface area contributed by atoms with E-state index >= 15 is 0 Å². The molecule has 1 N–H and O–H groups in total. The lowest BCUT2D eigenvalue weighted by atomic mass is 10.3. The molecule has 0 aromatic carbocycles. The van der Waals surface area contributed by atoms with E-state index in [-0.39, 0.29) is 5.69 Å². The van der Waals surface area contributed by atoms with Gasteiger partial charge in [-0.1, -0.05) is 6.07 Å². The fraction of sp³-hybridized carbons (Fsp3) is 0.357. The van der Waals surface area contributed by atoms with Gasteiger partial charge < -0.3 is 14.9 Å². The maximum atomic E-state index is 11.0. The molecule has 1 saturated heterocycles. The second-order valence-electron chi connectivity index (χ2n) is 4.91. The number of carbonyl (C=O) groups is 1. The van der Waals surface area contributed by atoms with Crippen molar-refractivity contribution < 1.29 is 9.90 Å². The van der Waals surface area contributed by atoms with Gasteiger partial charge in [-0.05, 0) is 19.1 Å². The molecule has 6 nitrogen and oxygen atoms in total. The Balaban J connectivity index is 1.68. The van der Waals surface area contributed by atoms with E-state index in [1.54, 1.807) is 17.4 Å². The Bertz CT molecular complexity index is 650. The van der Waals surface area contributed by atoms with Crippen LogP contribution in [0.2, 0.25) is 0 Å². The molecule has 2 aromatic heterocycles. The molecule has 1 aliphatic rings. The first-order valence-corrected chi connectivity index (χ1v) is 7.58. The number of pyridine rings is 1. The van der Waals surface area contributed by atoms with Gasteiger partial charge in [-0.25, -0.2) is 14.8 Å². The van der Waals surface area contributed by atoms with E-state index in [4.69, 9.17) is 5.11 Å². The monoisotopic (exact) mass is 304 g/mol. The Kier molecular flexibility index (Phi) is 3.74. The summed E-state index contributed by atoms with van der Waals surface area (Å²) >= 11 is 1.70. The Hall–Kier alpha value is -2.15. The molecule has 2 aromatic rings. The molecule has 110 valence electrons. The second kappa shape index (κ2) is 5.69. The van der Waals surface area contributed by atoms with E-state index in [2.05, 4.69) is 26.7 Å². The highest BCUT2D eigenvalue weighted by Crippen LogP contribution is 2.24. The summed E-state index contributed by atoms with van der Waals surface area (Å²) in [5, 5.41) is 10.1. The number of aryl methyl sites for hydroxylation is 1. The highest BCUT2D eigenvalue weighted by Gasteiger charge is 2.20. The zero-order chi connectivity index (χ0) is 14.8. The van der Waals surface area contributed by atoms with Crippen molar-refractivity contribution in [3.8, 4) is 0 Å². The molecule has 7 heteroatoms. The molecule has 1 fully saturated rings. The third kappa shape index (κ3) is 2.97. The standard InChI is InChI=1S/C14H16N4O2S/c1-10-9-15-14(21-10)18-7-5-17(6-8-18)12-4-2-3-11(16-12)13(19)20/h2-4,9H,5-8H2,1H3,(H,19,20). The number of anilines is 2. The number of piperazine rings is 1. The molecule has 0 atom stereocenters. The third-order valence-corrected chi connectivity index (χ3v) is 4.41. The van der Waals surface area contributed by atoms with Crippen molar-refractivity contribution in [2.75, 3.05) is 36.0 Å². The van der Waals surface area contributed by atoms with E-state index in [1.807, 2.05) is 12.3 Å². The highest BCUT2D eigenvalue weighted by molar-refractivity contribution is 7.15. The van der Waals surface area contributed by atoms with Crippen LogP contribution in [0.4, 0.5) is 10.9 Å². The van der Waals surface area contributed by atoms with E-state index in [9.17, 15) is 4.79 Å². The Morgan fingerprint density at radius 2 is 1.95 bits per heavy atom. The summed E-state index contributed by atoms with van der Waals surface area (Å²) in [6, 6.07) is 5.11. The first-order valence-electron chi connectivity index (χ1n) is 6.76. The number of nitrogens with zero attached hydrogens (tertiary/aromatic N) is 4. The average Bonchev–Trinajstić information content (AvgIpc) is 2.94. The van der Waals surface area contributed by atoms with Crippen LogP contribution in [-0.2, 0) is 0 Å². The second-order valence-corrected chi connectivity index (χ2v) is 6.13. The minimum absolute atomic E-state index is 0.0884. The quantitative estimate of drug-likeness (QED) is 0.933. The van der Waals surface area contributed by atoms with Gasteiger partial charge in [0, 0.05) is 37.3 Å². The highest BCUT2D eigenvalue weighted by atomic mass is 32.1. The summed E-state index contributed by atoms with van der Waals surface area (Å²) in [4.78, 5) is 25.2. The van der Waals surface area contributed by atoms with Gasteiger partial charge in [0.2, 0.25) is 0 Å². The normalized spacial score (nSPS) is 15.3. The van der Waals surface area contributed by atoms with Gasteiger partial charge in [0.15, 0.2) is 10.8 Å². The van der Waals surface area contributed by atoms with Crippen molar-refractivity contribution >= 4 is 28.3 Å². The van der Waals surface area contributed by atoms with Gasteiger partial charge in [-0.3, -0.25) is 0 Å². The zero-order valence-electron chi connectivity index (χ0n) is 11.7. The van der Waals surface area contributed by atoms with Crippen molar-refractivity contribution in [2.24, 2.45) is 0 Å². The summed E-state index contributed by atoms with van der Waals surface area (Å²) in [7, 11) is 0. The van der Waals surface area contributed by atoms with Crippen molar-refractivity contribution in [1.29, 1.82) is 0 Å². The van der Waals surface area contributed by atoms with Gasteiger partial charge in [-0.15, -0.1) is 11.3 Å². The predicted molar refractivity (Wildman–Crippen MR) is 82.5 cm³/mol. The molecule has 0 saturated carbocycles. The molecular formula is C14H16N4O2S. The largest absolute Gasteiger partial charge is 0.477 e. The lowest BCUT2D eigenvalue weighted by Crippen LogP contribution is -2.46. The van der Waals surface area contributed by atoms with Crippen LogP contribution in [0.1, 0.15) is 15.4 Å². The predicted octanol–water partition coefficient (Wildman–Crippen LogP) is 1.87. The number of rotatable bonds is 3. The van der Waals surface area contributed by atoms with E-state index in [1.165, 1.54) is 10.9 Å². The van der Waals surface area contributed by atoms with E-state index in [0.29, 0.717) is 0 Å². The molecule has 21 heavy (non-hydrogen) atoms. The summed E-state index contributed by atoms with van der Waals surface area (Å²) < 4.78 is 0. The molecule has 0 amide bonds. The van der Waals surface area contributed by atoms with Crippen LogP contribution in [0, 0.1) is 6.92 Å². The summed E-state index contributed by atoms with van der Waals surface area (Å²) in [6.07, 6.45) is 1.89. The average molecular weight is 304 g/mol. The molecular weight excluding hydrogens is 288 g/mol. The van der Waals surface area contributed by atoms with Crippen LogP contribution in [-0.4, -0.2) is 47.2 Å². The smallest absolute Gasteiger partial charge is 0.354 e. The zero-order valence-corrected chi connectivity index (χ0v) is 12.5. The fourth-order valence-electron chi connectivity index (χ4n) is 2.33. The van der Waals surface area contributed by atoms with Gasteiger partial charge in [-0.2, -0.15) is 0 Å². The van der Waals surface area contributed by atoms with Crippen molar-refractivity contribution in [3.63, 3.8) is 0 Å². The Labute approximate surface area is 126 Å². The minimum atomic E-state index is -0.992. The number of aromatic carboxylic acids is 1. The number of aromatic nitrogens is 2. The first-order chi connectivity index (χ1) is 10.1. The summed E-state index contributed by atoms with van der Waals surface area (Å²) in [5.41, 5.74) is 0.0884. The van der Waals surface area contributed by atoms with Gasteiger partial charge in [0.1, 0.15) is 5.82 Å². The van der Waals surface area contributed by atoms with Crippen molar-refractivity contribution in [2.45, 2.75) is 6.92 Å². The lowest BCUT2D eigenvalue weighted by molar-refractivity contribution is 0.0690. The maximum absolute atomic E-state index is 11.0. The van der Waals surface area contributed by atoms with Gasteiger partial charge >= 0.3 is 5.97 Å². The summed E-state index contributed by atoms with van der Waals surface area (Å²) in [5.74, 6) is -0.265. The van der Waals surface area contributed by atoms with Gasteiger partial charge in [0.25, 0.3) is 0 Å². The van der Waals surface area contributed by atoms with Crippen molar-refractivity contribution in [3.05, 3.63) is 35.0 Å². The van der Waals surface area contributed by atoms with E-state index in [0.717, 1.165) is 37.1 Å². The third-order valence-electron chi connectivity index (χ3n) is 3.44. The molecule has 3 heterocycles. The number of thiazole rings is 1. The number of hydrogen-bond donors (Lipinski definition) is 1. The molecule has 0 bridgehead atoms. The molecule has 1 aliphatic heterocycles. The van der Waals surface area contributed by atoms with Gasteiger partial charge in [0.05, 0.1) is 0 Å². The minimum Gasteiger partial charge on any atom is -0.477 e. The SMILES string of the molecule is Cc1cnc(N2CCN(c3cccc(C(=O)O)n3)CC2)s1. The first kappa shape index (κ1) is 13.8. The van der Waals surface area contributed by atoms with Crippen LogP contribution in [0.3, 0.4) is 0 Å². The lowest BCUT2D eigenvalue weighted by Gasteiger charge is -2.35. The Morgan fingerprint density at radius 1 is 1.24 bits per heavy atom. The van der Waals surface area contributed by atoms with Crippen molar-refractivity contribution in [1.82, 2.24) is 9.97 Å². The molecule has 0 aliphatic carbocycles. The van der Waals surface area contributed by atoms with Crippen LogP contribution < -0.4 is 9.80 Å². The topological polar surface area (TPSA) is 69.6 Å². The molecule has 0 spiro atoms. The van der Waals surface area contributed by atoms with Crippen LogP contribution in [0.5, 0.6) is 0 Å². The molecule has 0 unspecified atom stereocenters. The van der Waals surface area contributed by atoms with Crippen LogP contribution >= 0.6 is 11.3 Å². The number of carboxylic acid groups (broad SMARTS) is 1. The van der Waals surface area contributed by atoms with Crippen LogP contribution in [0.25, 0.3) is 0 Å².